The summed E-state index contributed by atoms with van der Waals surface area (Å²) in [5.74, 6) is 0. The molecule has 0 fully saturated rings. The minimum absolute atomic E-state index is 0.408. The third-order valence-corrected chi connectivity index (χ3v) is 1.74. The van der Waals surface area contributed by atoms with E-state index in [0.29, 0.717) is 21.7 Å². The van der Waals surface area contributed by atoms with Gasteiger partial charge < -0.3 is 10.6 Å². The summed E-state index contributed by atoms with van der Waals surface area (Å²) in [5.41, 5.74) is 5.28. The van der Waals surface area contributed by atoms with Crippen LogP contribution in [-0.4, -0.2) is 26.6 Å². The topological polar surface area (TPSA) is 29.3 Å². The molecule has 0 saturated carbocycles. The van der Waals surface area contributed by atoms with Crippen LogP contribution in [0.3, 0.4) is 0 Å². The number of rotatable bonds is 2. The van der Waals surface area contributed by atoms with Crippen molar-refractivity contribution in [3.05, 3.63) is 0 Å². The maximum atomic E-state index is 5.28. The summed E-state index contributed by atoms with van der Waals surface area (Å²) in [6, 6.07) is 0. The minimum Gasteiger partial charge on any atom is -0.329 e. The van der Waals surface area contributed by atoms with Crippen molar-refractivity contribution in [2.75, 3.05) is 13.1 Å². The Labute approximate surface area is 82.0 Å². The molecule has 0 spiro atoms. The van der Waals surface area contributed by atoms with Gasteiger partial charge in [-0.2, -0.15) is 0 Å². The van der Waals surface area contributed by atoms with Gasteiger partial charge in [-0.15, -0.1) is 25.3 Å². The second kappa shape index (κ2) is 5.31. The summed E-state index contributed by atoms with van der Waals surface area (Å²) in [6.07, 6.45) is 0. The Balaban J connectivity index is 3.98. The molecule has 58 valence electrons. The molecule has 0 bridgehead atoms. The molecule has 0 aliphatic carbocycles. The Kier molecular flexibility index (Phi) is 5.65. The first-order valence-corrected chi connectivity index (χ1v) is 4.24. The van der Waals surface area contributed by atoms with Crippen LogP contribution in [0.1, 0.15) is 0 Å². The van der Waals surface area contributed by atoms with Crippen LogP contribution in [0.5, 0.6) is 0 Å². The average molecular weight is 212 g/mol. The van der Waals surface area contributed by atoms with Crippen molar-refractivity contribution in [1.29, 1.82) is 0 Å². The van der Waals surface area contributed by atoms with E-state index in [1.165, 1.54) is 0 Å². The molecule has 0 saturated heterocycles. The van der Waals surface area contributed by atoms with Gasteiger partial charge in [-0.3, -0.25) is 0 Å². The number of nitrogens with two attached hydrogens (primary N) is 1. The van der Waals surface area contributed by atoms with E-state index in [9.17, 15) is 0 Å². The quantitative estimate of drug-likeness (QED) is 0.464. The Hall–Kier alpha value is 0.640. The zero-order chi connectivity index (χ0) is 8.15. The van der Waals surface area contributed by atoms with Crippen LogP contribution in [0.25, 0.3) is 0 Å². The fourth-order valence-electron chi connectivity index (χ4n) is 0.402. The molecule has 0 aromatic carbocycles. The average Bonchev–Trinajstić information content (AvgIpc) is 1.81. The number of hydrogen-bond acceptors (Lipinski definition) is 3. The van der Waals surface area contributed by atoms with E-state index < -0.39 is 0 Å². The highest BCUT2D eigenvalue weighted by molar-refractivity contribution is 8.13. The molecule has 0 unspecified atom stereocenters. The molecule has 2 nitrogen and oxygen atoms in total. The Morgan fingerprint density at radius 2 is 1.70 bits per heavy atom. The lowest BCUT2D eigenvalue weighted by Gasteiger charge is -2.18. The number of thiocarbonyl (C=S) groups is 2. The predicted molar refractivity (Wildman–Crippen MR) is 58.9 cm³/mol. The molecule has 6 heteroatoms. The molecule has 0 heterocycles. The van der Waals surface area contributed by atoms with Crippen LogP contribution in [-0.2, 0) is 0 Å². The molecule has 0 radical (unpaired) electrons. The van der Waals surface area contributed by atoms with Crippen LogP contribution < -0.4 is 5.73 Å². The SMILES string of the molecule is NCCN(C(=S)S)C(=S)S. The van der Waals surface area contributed by atoms with Crippen molar-refractivity contribution < 1.29 is 0 Å². The van der Waals surface area contributed by atoms with Crippen molar-refractivity contribution >= 4 is 58.3 Å². The second-order valence-corrected chi connectivity index (χ2v) is 3.73. The summed E-state index contributed by atoms with van der Waals surface area (Å²) in [4.78, 5) is 1.58. The van der Waals surface area contributed by atoms with E-state index >= 15 is 0 Å². The molecular formula is C4H8N2S4. The summed E-state index contributed by atoms with van der Waals surface area (Å²) in [7, 11) is 0. The van der Waals surface area contributed by atoms with Crippen molar-refractivity contribution in [3.63, 3.8) is 0 Å². The van der Waals surface area contributed by atoms with Crippen molar-refractivity contribution in [1.82, 2.24) is 4.90 Å². The van der Waals surface area contributed by atoms with Crippen LogP contribution in [0.2, 0.25) is 0 Å². The standard InChI is InChI=1S/C4H8N2S4/c5-1-2-6(3(7)8)4(9)10/h1-2,5H2,(H,7,8)(H,9,10). The van der Waals surface area contributed by atoms with Gasteiger partial charge in [-0.05, 0) is 0 Å². The van der Waals surface area contributed by atoms with Crippen molar-refractivity contribution in [2.24, 2.45) is 5.73 Å². The smallest absolute Gasteiger partial charge is 0.138 e. The molecule has 0 aromatic heterocycles. The van der Waals surface area contributed by atoms with E-state index in [-0.39, 0.29) is 0 Å². The first kappa shape index (κ1) is 10.6. The maximum absolute atomic E-state index is 5.28. The van der Waals surface area contributed by atoms with Gasteiger partial charge in [0.2, 0.25) is 0 Å². The Morgan fingerprint density at radius 1 is 1.30 bits per heavy atom. The van der Waals surface area contributed by atoms with Gasteiger partial charge in [-0.1, -0.05) is 24.4 Å². The fourth-order valence-corrected chi connectivity index (χ4v) is 1.44. The van der Waals surface area contributed by atoms with E-state index in [1.807, 2.05) is 0 Å². The Morgan fingerprint density at radius 3 is 1.80 bits per heavy atom. The lowest BCUT2D eigenvalue weighted by atomic mass is 10.6. The highest BCUT2D eigenvalue weighted by Gasteiger charge is 2.06. The van der Waals surface area contributed by atoms with Gasteiger partial charge in [0.05, 0.1) is 0 Å². The number of thiol groups is 2. The second-order valence-electron chi connectivity index (χ2n) is 1.51. The monoisotopic (exact) mass is 212 g/mol. The normalized spacial score (nSPS) is 9.10. The lowest BCUT2D eigenvalue weighted by molar-refractivity contribution is 0.654. The third-order valence-electron chi connectivity index (χ3n) is 0.815. The predicted octanol–water partition coefficient (Wildman–Crippen LogP) is 0.677. The van der Waals surface area contributed by atoms with Gasteiger partial charge >= 0.3 is 0 Å². The molecule has 0 aromatic rings. The van der Waals surface area contributed by atoms with Gasteiger partial charge in [0.25, 0.3) is 0 Å². The summed E-state index contributed by atoms with van der Waals surface area (Å²) >= 11 is 17.4. The number of hydrogen-bond donors (Lipinski definition) is 3. The largest absolute Gasteiger partial charge is 0.329 e. The molecule has 2 N–H and O–H groups in total. The van der Waals surface area contributed by atoms with E-state index in [1.54, 1.807) is 4.90 Å². The molecule has 0 rings (SSSR count). The fraction of sp³-hybridized carbons (Fsp3) is 0.500. The third kappa shape index (κ3) is 3.72. The Bertz CT molecular complexity index is 132. The van der Waals surface area contributed by atoms with E-state index in [4.69, 9.17) is 30.2 Å². The molecule has 0 amide bonds. The van der Waals surface area contributed by atoms with Crippen LogP contribution in [0.15, 0.2) is 0 Å². The van der Waals surface area contributed by atoms with Gasteiger partial charge in [0.15, 0.2) is 0 Å². The molecule has 0 atom stereocenters. The highest BCUT2D eigenvalue weighted by Crippen LogP contribution is 2.00. The van der Waals surface area contributed by atoms with Crippen LogP contribution in [0.4, 0.5) is 0 Å². The summed E-state index contributed by atoms with van der Waals surface area (Å²) in [6.45, 7) is 1.06. The zero-order valence-electron chi connectivity index (χ0n) is 5.15. The van der Waals surface area contributed by atoms with Crippen molar-refractivity contribution in [2.45, 2.75) is 0 Å². The van der Waals surface area contributed by atoms with Crippen LogP contribution in [0, 0.1) is 0 Å². The molecule has 0 aliphatic heterocycles. The molecular weight excluding hydrogens is 204 g/mol. The van der Waals surface area contributed by atoms with Gasteiger partial charge in [0.1, 0.15) is 8.64 Å². The summed E-state index contributed by atoms with van der Waals surface area (Å²) < 4.78 is 0.816. The first-order chi connectivity index (χ1) is 4.59. The maximum Gasteiger partial charge on any atom is 0.138 e. The molecule has 0 aliphatic rings. The minimum atomic E-state index is 0.408. The van der Waals surface area contributed by atoms with E-state index in [2.05, 4.69) is 25.3 Å². The zero-order valence-corrected chi connectivity index (χ0v) is 8.57. The first-order valence-electron chi connectivity index (χ1n) is 2.53. The lowest BCUT2D eigenvalue weighted by Crippen LogP contribution is -2.33. The van der Waals surface area contributed by atoms with E-state index in [0.717, 1.165) is 0 Å². The summed E-state index contributed by atoms with van der Waals surface area (Å²) in [5, 5.41) is 0. The van der Waals surface area contributed by atoms with Crippen molar-refractivity contribution in [3.8, 4) is 0 Å². The van der Waals surface area contributed by atoms with Gasteiger partial charge in [-0.25, -0.2) is 0 Å². The van der Waals surface area contributed by atoms with Crippen LogP contribution >= 0.6 is 49.7 Å². The number of nitrogens with zero attached hydrogens (tertiary/aromatic N) is 1. The highest BCUT2D eigenvalue weighted by atomic mass is 32.1. The molecule has 10 heavy (non-hydrogen) atoms. The van der Waals surface area contributed by atoms with Gasteiger partial charge in [0, 0.05) is 13.1 Å².